The highest BCUT2D eigenvalue weighted by molar-refractivity contribution is 6.34. The Balaban J connectivity index is 2.31. The number of nitrogens with one attached hydrogen (secondary N) is 1. The largest absolute Gasteiger partial charge is 0.495 e. The van der Waals surface area contributed by atoms with E-state index >= 15 is 0 Å². The fourth-order valence-corrected chi connectivity index (χ4v) is 3.29. The van der Waals surface area contributed by atoms with E-state index in [1.807, 2.05) is 6.07 Å². The van der Waals surface area contributed by atoms with Gasteiger partial charge in [-0.3, -0.25) is 0 Å². The van der Waals surface area contributed by atoms with Gasteiger partial charge in [0.15, 0.2) is 0 Å². The molecule has 1 saturated heterocycles. The molecule has 0 saturated carbocycles. The first-order valence-corrected chi connectivity index (χ1v) is 7.70. The minimum absolute atomic E-state index is 0.154. The van der Waals surface area contributed by atoms with Crippen molar-refractivity contribution in [2.24, 2.45) is 5.92 Å². The Labute approximate surface area is 130 Å². The van der Waals surface area contributed by atoms with E-state index in [1.165, 1.54) is 0 Å². The van der Waals surface area contributed by atoms with Gasteiger partial charge >= 0.3 is 0 Å². The van der Waals surface area contributed by atoms with Crippen LogP contribution in [0.3, 0.4) is 0 Å². The van der Waals surface area contributed by atoms with Crippen molar-refractivity contribution in [1.82, 2.24) is 5.32 Å². The van der Waals surface area contributed by atoms with E-state index in [4.69, 9.17) is 32.7 Å². The molecule has 3 atom stereocenters. The van der Waals surface area contributed by atoms with Crippen molar-refractivity contribution < 1.29 is 9.47 Å². The van der Waals surface area contributed by atoms with Crippen LogP contribution in [0.2, 0.25) is 10.0 Å². The average Bonchev–Trinajstić information content (AvgIpc) is 2.85. The van der Waals surface area contributed by atoms with Crippen LogP contribution in [-0.4, -0.2) is 26.4 Å². The molecule has 1 aliphatic rings. The van der Waals surface area contributed by atoms with Crippen molar-refractivity contribution in [2.75, 3.05) is 20.3 Å². The summed E-state index contributed by atoms with van der Waals surface area (Å²) in [5.74, 6) is 1.01. The summed E-state index contributed by atoms with van der Waals surface area (Å²) < 4.78 is 10.9. The molecule has 1 fully saturated rings. The maximum absolute atomic E-state index is 6.41. The molecule has 0 aliphatic carbocycles. The molecule has 112 valence electrons. The summed E-state index contributed by atoms with van der Waals surface area (Å²) in [6, 6.07) is 3.84. The lowest BCUT2D eigenvalue weighted by Crippen LogP contribution is -2.29. The van der Waals surface area contributed by atoms with E-state index < -0.39 is 0 Å². The van der Waals surface area contributed by atoms with Crippen molar-refractivity contribution >= 4 is 23.2 Å². The third-order valence-corrected chi connectivity index (χ3v) is 4.35. The van der Waals surface area contributed by atoms with Crippen molar-refractivity contribution in [3.05, 3.63) is 27.7 Å². The van der Waals surface area contributed by atoms with Gasteiger partial charge in [-0.15, -0.1) is 0 Å². The highest BCUT2D eigenvalue weighted by Crippen LogP contribution is 2.39. The number of ether oxygens (including phenoxy) is 2. The minimum Gasteiger partial charge on any atom is -0.495 e. The third-order valence-electron chi connectivity index (χ3n) is 3.73. The molecule has 0 amide bonds. The number of rotatable bonds is 5. The molecule has 3 unspecified atom stereocenters. The zero-order valence-electron chi connectivity index (χ0n) is 12.1. The molecule has 1 heterocycles. The summed E-state index contributed by atoms with van der Waals surface area (Å²) in [7, 11) is 1.59. The monoisotopic (exact) mass is 317 g/mol. The Hall–Kier alpha value is -0.480. The second-order valence-corrected chi connectivity index (χ2v) is 6.00. The molecule has 5 heteroatoms. The maximum atomic E-state index is 6.41. The molecule has 1 aromatic carbocycles. The summed E-state index contributed by atoms with van der Waals surface area (Å²) in [6.07, 6.45) is 1.33. The first-order chi connectivity index (χ1) is 9.56. The van der Waals surface area contributed by atoms with Crippen LogP contribution >= 0.6 is 23.2 Å². The number of hydrogen-bond donors (Lipinski definition) is 1. The quantitative estimate of drug-likeness (QED) is 0.887. The van der Waals surface area contributed by atoms with Crippen LogP contribution in [0.25, 0.3) is 0 Å². The van der Waals surface area contributed by atoms with Crippen LogP contribution in [0.1, 0.15) is 31.9 Å². The van der Waals surface area contributed by atoms with Crippen LogP contribution in [0.4, 0.5) is 0 Å². The lowest BCUT2D eigenvalue weighted by molar-refractivity contribution is 0.117. The molecule has 0 radical (unpaired) electrons. The molecule has 0 bridgehead atoms. The summed E-state index contributed by atoms with van der Waals surface area (Å²) in [5.41, 5.74) is 1.02. The van der Waals surface area contributed by atoms with E-state index in [1.54, 1.807) is 13.2 Å². The average molecular weight is 318 g/mol. The SMILES string of the molecule is CCNC(c1cc(Cl)c(OC)cc1Cl)C1COC(C)C1. The van der Waals surface area contributed by atoms with Crippen molar-refractivity contribution in [3.8, 4) is 5.75 Å². The van der Waals surface area contributed by atoms with Crippen LogP contribution in [-0.2, 0) is 4.74 Å². The molecule has 0 aromatic heterocycles. The van der Waals surface area contributed by atoms with E-state index in [2.05, 4.69) is 19.2 Å². The van der Waals surface area contributed by atoms with Gasteiger partial charge in [0, 0.05) is 23.0 Å². The predicted octanol–water partition coefficient (Wildman–Crippen LogP) is 4.08. The lowest BCUT2D eigenvalue weighted by Gasteiger charge is -2.25. The topological polar surface area (TPSA) is 30.5 Å². The summed E-state index contributed by atoms with van der Waals surface area (Å²) in [6.45, 7) is 5.81. The second-order valence-electron chi connectivity index (χ2n) is 5.18. The first-order valence-electron chi connectivity index (χ1n) is 6.94. The molecule has 0 spiro atoms. The van der Waals surface area contributed by atoms with Crippen LogP contribution < -0.4 is 10.1 Å². The minimum atomic E-state index is 0.154. The van der Waals surface area contributed by atoms with Gasteiger partial charge in [-0.05, 0) is 31.5 Å². The van der Waals surface area contributed by atoms with Crippen LogP contribution in [0, 0.1) is 5.92 Å². The van der Waals surface area contributed by atoms with Gasteiger partial charge in [-0.2, -0.15) is 0 Å². The third kappa shape index (κ3) is 3.40. The lowest BCUT2D eigenvalue weighted by atomic mass is 9.91. The van der Waals surface area contributed by atoms with E-state index in [9.17, 15) is 0 Å². The Bertz CT molecular complexity index is 467. The standard InChI is InChI=1S/C15H21Cl2NO2/c1-4-18-15(10-5-9(2)20-8-10)11-6-13(17)14(19-3)7-12(11)16/h6-7,9-10,15,18H,4-5,8H2,1-3H3. The maximum Gasteiger partial charge on any atom is 0.138 e. The zero-order valence-corrected chi connectivity index (χ0v) is 13.6. The van der Waals surface area contributed by atoms with Gasteiger partial charge in [0.25, 0.3) is 0 Å². The van der Waals surface area contributed by atoms with Gasteiger partial charge in [0.1, 0.15) is 5.75 Å². The van der Waals surface area contributed by atoms with Crippen molar-refractivity contribution in [3.63, 3.8) is 0 Å². The number of halogens is 2. The zero-order chi connectivity index (χ0) is 14.7. The Morgan fingerprint density at radius 2 is 2.15 bits per heavy atom. The molecule has 3 nitrogen and oxygen atoms in total. The van der Waals surface area contributed by atoms with Gasteiger partial charge < -0.3 is 14.8 Å². The number of benzene rings is 1. The molecular formula is C15H21Cl2NO2. The van der Waals surface area contributed by atoms with E-state index in [-0.39, 0.29) is 6.04 Å². The van der Waals surface area contributed by atoms with Crippen molar-refractivity contribution in [2.45, 2.75) is 32.4 Å². The summed E-state index contributed by atoms with van der Waals surface area (Å²) in [4.78, 5) is 0. The number of methoxy groups -OCH3 is 1. The van der Waals surface area contributed by atoms with E-state index in [0.717, 1.165) is 25.1 Å². The van der Waals surface area contributed by atoms with Gasteiger partial charge in [0.05, 0.1) is 24.8 Å². The molecule has 1 aromatic rings. The fraction of sp³-hybridized carbons (Fsp3) is 0.600. The summed E-state index contributed by atoms with van der Waals surface area (Å²) >= 11 is 12.6. The first kappa shape index (κ1) is 15.9. The van der Waals surface area contributed by atoms with Gasteiger partial charge in [-0.1, -0.05) is 30.1 Å². The molecular weight excluding hydrogens is 297 g/mol. The summed E-state index contributed by atoms with van der Waals surface area (Å²) in [5, 5.41) is 4.77. The van der Waals surface area contributed by atoms with Crippen molar-refractivity contribution in [1.29, 1.82) is 0 Å². The normalized spacial score (nSPS) is 23.9. The fourth-order valence-electron chi connectivity index (χ4n) is 2.77. The Morgan fingerprint density at radius 1 is 1.40 bits per heavy atom. The Morgan fingerprint density at radius 3 is 2.70 bits per heavy atom. The molecule has 20 heavy (non-hydrogen) atoms. The highest BCUT2D eigenvalue weighted by Gasteiger charge is 2.31. The van der Waals surface area contributed by atoms with Crippen LogP contribution in [0.5, 0.6) is 5.75 Å². The molecule has 1 aliphatic heterocycles. The van der Waals surface area contributed by atoms with Gasteiger partial charge in [-0.25, -0.2) is 0 Å². The highest BCUT2D eigenvalue weighted by atomic mass is 35.5. The Kier molecular flexibility index (Phi) is 5.56. The molecule has 2 rings (SSSR count). The molecule has 1 N–H and O–H groups in total. The predicted molar refractivity (Wildman–Crippen MR) is 83.0 cm³/mol. The second kappa shape index (κ2) is 6.99. The smallest absolute Gasteiger partial charge is 0.138 e. The van der Waals surface area contributed by atoms with Crippen LogP contribution in [0.15, 0.2) is 12.1 Å². The van der Waals surface area contributed by atoms with E-state index in [0.29, 0.717) is 27.8 Å². The van der Waals surface area contributed by atoms with Gasteiger partial charge in [0.2, 0.25) is 0 Å². The number of hydrogen-bond acceptors (Lipinski definition) is 3.